The number of carbonyl (C=O) groups excluding carboxylic acids is 1. The van der Waals surface area contributed by atoms with Gasteiger partial charge in [-0.3, -0.25) is 9.59 Å². The lowest BCUT2D eigenvalue weighted by molar-refractivity contribution is -0.121. The quantitative estimate of drug-likeness (QED) is 0.620. The van der Waals surface area contributed by atoms with Crippen LogP contribution in [0, 0.1) is 5.92 Å². The molecule has 1 amide bonds. The minimum atomic E-state index is 0.0782. The van der Waals surface area contributed by atoms with Crippen LogP contribution in [0.15, 0.2) is 53.5 Å². The molecule has 0 saturated carbocycles. The van der Waals surface area contributed by atoms with E-state index in [0.29, 0.717) is 31.3 Å². The highest BCUT2D eigenvalue weighted by atomic mass is 16.5. The highest BCUT2D eigenvalue weighted by Gasteiger charge is 2.34. The van der Waals surface area contributed by atoms with E-state index in [9.17, 15) is 9.59 Å². The molecular formula is C25H30N4O3. The number of hydrogen-bond donors (Lipinski definition) is 1. The van der Waals surface area contributed by atoms with Crippen molar-refractivity contribution < 1.29 is 9.53 Å². The Balaban J connectivity index is 1.10. The molecule has 0 unspecified atom stereocenters. The van der Waals surface area contributed by atoms with E-state index < -0.39 is 0 Å². The number of fused-ring (bicyclic) bond motifs is 5. The van der Waals surface area contributed by atoms with Crippen molar-refractivity contribution in [3.05, 3.63) is 64.7 Å². The molecule has 0 spiro atoms. The van der Waals surface area contributed by atoms with Crippen molar-refractivity contribution in [1.82, 2.24) is 19.4 Å². The number of likely N-dealkylation sites (tertiary alicyclic amines) is 1. The highest BCUT2D eigenvalue weighted by Crippen LogP contribution is 2.34. The summed E-state index contributed by atoms with van der Waals surface area (Å²) >= 11 is 0. The van der Waals surface area contributed by atoms with Crippen LogP contribution in [0.25, 0.3) is 10.9 Å². The Morgan fingerprint density at radius 2 is 2.03 bits per heavy atom. The first-order chi connectivity index (χ1) is 15.6. The Kier molecular flexibility index (Phi) is 5.74. The minimum Gasteiger partial charge on any atom is -0.497 e. The number of carbonyl (C=O) groups is 1. The Bertz CT molecular complexity index is 1180. The molecule has 2 atom stereocenters. The molecule has 5 rings (SSSR count). The number of aryl methyl sites for hydroxylation is 1. The number of nitrogens with zero attached hydrogens (tertiary/aromatic N) is 3. The van der Waals surface area contributed by atoms with Crippen LogP contribution in [0.2, 0.25) is 0 Å². The van der Waals surface area contributed by atoms with Gasteiger partial charge < -0.3 is 24.1 Å². The number of methoxy groups -OCH3 is 1. The van der Waals surface area contributed by atoms with Gasteiger partial charge in [-0.05, 0) is 42.7 Å². The molecule has 1 aromatic carbocycles. The maximum atomic E-state index is 12.4. The summed E-state index contributed by atoms with van der Waals surface area (Å²) in [7, 11) is 1.67. The molecular weight excluding hydrogens is 404 g/mol. The molecule has 32 heavy (non-hydrogen) atoms. The van der Waals surface area contributed by atoms with Gasteiger partial charge in [0, 0.05) is 80.5 Å². The lowest BCUT2D eigenvalue weighted by Crippen LogP contribution is -2.48. The number of amides is 1. The average Bonchev–Trinajstić information content (AvgIpc) is 3.20. The normalized spacial score (nSPS) is 20.2. The van der Waals surface area contributed by atoms with Crippen molar-refractivity contribution in [2.75, 3.05) is 33.3 Å². The molecule has 2 aromatic heterocycles. The Morgan fingerprint density at radius 3 is 2.91 bits per heavy atom. The zero-order valence-electron chi connectivity index (χ0n) is 18.5. The van der Waals surface area contributed by atoms with Crippen molar-refractivity contribution in [3.8, 4) is 5.75 Å². The largest absolute Gasteiger partial charge is 0.497 e. The first-order valence-corrected chi connectivity index (χ1v) is 11.4. The molecule has 2 aliphatic heterocycles. The van der Waals surface area contributed by atoms with Gasteiger partial charge >= 0.3 is 0 Å². The van der Waals surface area contributed by atoms with Gasteiger partial charge in [0.05, 0.1) is 7.11 Å². The lowest BCUT2D eigenvalue weighted by atomic mass is 9.83. The summed E-state index contributed by atoms with van der Waals surface area (Å²) in [6.45, 7) is 4.91. The van der Waals surface area contributed by atoms with Crippen LogP contribution in [0.3, 0.4) is 0 Å². The second-order valence-electron chi connectivity index (χ2n) is 8.99. The van der Waals surface area contributed by atoms with Gasteiger partial charge in [0.25, 0.3) is 5.56 Å². The second-order valence-corrected chi connectivity index (χ2v) is 8.99. The van der Waals surface area contributed by atoms with Gasteiger partial charge in [0.2, 0.25) is 5.91 Å². The van der Waals surface area contributed by atoms with Crippen LogP contribution in [0.5, 0.6) is 5.75 Å². The van der Waals surface area contributed by atoms with Gasteiger partial charge in [0.1, 0.15) is 5.75 Å². The number of aromatic nitrogens is 2. The SMILES string of the molecule is COc1ccc2c(ccn2CCC(=O)NCCN2C[C@H]3C[C@@H](C2)c2cccc(=O)n2C3)c1. The third kappa shape index (κ3) is 4.17. The standard InChI is InChI=1S/C25H30N4O3/c1-32-21-5-6-22-19(14-21)7-10-28(22)11-8-24(30)26-9-12-27-15-18-13-20(17-27)23-3-2-4-25(31)29(23)16-18/h2-7,10,14,18,20H,8-9,11-13,15-17H2,1H3,(H,26,30)/t18-,20+/m1/s1. The summed E-state index contributed by atoms with van der Waals surface area (Å²) in [5.74, 6) is 1.84. The van der Waals surface area contributed by atoms with E-state index in [2.05, 4.69) is 26.9 Å². The molecule has 168 valence electrons. The fraction of sp³-hybridized carbons (Fsp3) is 0.440. The molecule has 2 aliphatic rings. The Labute approximate surface area is 187 Å². The zero-order valence-corrected chi connectivity index (χ0v) is 18.5. The Hall–Kier alpha value is -3.06. The van der Waals surface area contributed by atoms with Gasteiger partial charge in [-0.2, -0.15) is 0 Å². The summed E-state index contributed by atoms with van der Waals surface area (Å²) in [5.41, 5.74) is 2.39. The summed E-state index contributed by atoms with van der Waals surface area (Å²) in [4.78, 5) is 27.0. The predicted octanol–water partition coefficient (Wildman–Crippen LogP) is 2.44. The van der Waals surface area contributed by atoms with E-state index >= 15 is 0 Å². The van der Waals surface area contributed by atoms with Crippen molar-refractivity contribution in [2.24, 2.45) is 5.92 Å². The predicted molar refractivity (Wildman–Crippen MR) is 124 cm³/mol. The molecule has 1 saturated heterocycles. The van der Waals surface area contributed by atoms with E-state index in [1.54, 1.807) is 13.2 Å². The molecule has 0 aliphatic carbocycles. The van der Waals surface area contributed by atoms with Crippen LogP contribution in [0.1, 0.15) is 24.5 Å². The molecule has 1 N–H and O–H groups in total. The summed E-state index contributed by atoms with van der Waals surface area (Å²) in [5, 5.41) is 4.20. The van der Waals surface area contributed by atoms with Crippen LogP contribution >= 0.6 is 0 Å². The number of piperidine rings is 1. The number of hydrogen-bond acceptors (Lipinski definition) is 4. The third-order valence-electron chi connectivity index (χ3n) is 6.86. The fourth-order valence-electron chi connectivity index (χ4n) is 5.34. The average molecular weight is 435 g/mol. The van der Waals surface area contributed by atoms with E-state index in [4.69, 9.17) is 4.74 Å². The van der Waals surface area contributed by atoms with E-state index in [-0.39, 0.29) is 11.5 Å². The van der Waals surface area contributed by atoms with E-state index in [1.807, 2.05) is 35.0 Å². The minimum absolute atomic E-state index is 0.0782. The number of pyridine rings is 1. The molecule has 3 aromatic rings. The van der Waals surface area contributed by atoms with Crippen LogP contribution in [-0.4, -0.2) is 53.2 Å². The molecule has 0 radical (unpaired) electrons. The molecule has 7 heteroatoms. The van der Waals surface area contributed by atoms with E-state index in [0.717, 1.165) is 49.3 Å². The maximum absolute atomic E-state index is 12.4. The zero-order chi connectivity index (χ0) is 22.1. The summed E-state index contributed by atoms with van der Waals surface area (Å²) in [6, 6.07) is 13.7. The summed E-state index contributed by atoms with van der Waals surface area (Å²) in [6.07, 6.45) is 3.63. The van der Waals surface area contributed by atoms with Crippen LogP contribution < -0.4 is 15.6 Å². The number of ether oxygens (including phenoxy) is 1. The number of nitrogens with one attached hydrogen (secondary N) is 1. The van der Waals surface area contributed by atoms with Gasteiger partial charge in [0.15, 0.2) is 0 Å². The Morgan fingerprint density at radius 1 is 1.12 bits per heavy atom. The van der Waals surface area contributed by atoms with Crippen LogP contribution in [0.4, 0.5) is 0 Å². The van der Waals surface area contributed by atoms with Crippen molar-refractivity contribution in [3.63, 3.8) is 0 Å². The van der Waals surface area contributed by atoms with Gasteiger partial charge in [-0.25, -0.2) is 0 Å². The molecule has 1 fully saturated rings. The molecule has 7 nitrogen and oxygen atoms in total. The third-order valence-corrected chi connectivity index (χ3v) is 6.86. The first-order valence-electron chi connectivity index (χ1n) is 11.4. The monoisotopic (exact) mass is 434 g/mol. The lowest BCUT2D eigenvalue weighted by Gasteiger charge is -2.42. The first kappa shape index (κ1) is 20.8. The fourth-order valence-corrected chi connectivity index (χ4v) is 5.34. The molecule has 4 heterocycles. The number of rotatable bonds is 7. The smallest absolute Gasteiger partial charge is 0.250 e. The summed E-state index contributed by atoms with van der Waals surface area (Å²) < 4.78 is 9.35. The van der Waals surface area contributed by atoms with Crippen molar-refractivity contribution >= 4 is 16.8 Å². The maximum Gasteiger partial charge on any atom is 0.250 e. The van der Waals surface area contributed by atoms with Crippen molar-refractivity contribution in [2.45, 2.75) is 31.8 Å². The second kappa shape index (κ2) is 8.82. The number of benzene rings is 1. The van der Waals surface area contributed by atoms with Crippen molar-refractivity contribution in [1.29, 1.82) is 0 Å². The molecule has 2 bridgehead atoms. The van der Waals surface area contributed by atoms with Gasteiger partial charge in [-0.1, -0.05) is 6.07 Å². The highest BCUT2D eigenvalue weighted by molar-refractivity contribution is 5.82. The van der Waals surface area contributed by atoms with Crippen LogP contribution in [-0.2, 0) is 17.9 Å². The van der Waals surface area contributed by atoms with Gasteiger partial charge in [-0.15, -0.1) is 0 Å². The van der Waals surface area contributed by atoms with E-state index in [1.165, 1.54) is 5.69 Å². The topological polar surface area (TPSA) is 68.5 Å².